The fourth-order valence-electron chi connectivity index (χ4n) is 11.6. The van der Waals surface area contributed by atoms with Gasteiger partial charge in [0.25, 0.3) is 0 Å². The quantitative estimate of drug-likeness (QED) is 0.0490. The standard InChI is InChI=1S/C59H92N12O14/c1-31(2)29-38(49(74)62-37(23-24-44(60)73)55(80)71-28-16-22-43(71)59(84)85)63-50(75)39(30-36-17-11-10-12-18-36)64-51(76)40-19-13-25-68(40)56(81)42-21-15-27-70(42)58(83)48(34(7)8)67-54(79)47(33(5)6)66-53(78)46(32(3)4)65-52(77)41-20-14-26-69(41)57(82)45(61)35(9)72/h10-12,17-18,31-35,37-43,45-48,72H,13-16,19-30,61H2,1-9H3,(H2,60,73)(H,62,74)(H,63,75)(H,64,76)(H,65,77)(H,66,78)(H,67,79)(H,84,85)/t35-,37+,38+,39+,40+,41+,42+,43+,45+,46+,47+,48+/m1/s1. The molecule has 26 nitrogen and oxygen atoms in total. The maximum absolute atomic E-state index is 14.7. The minimum atomic E-state index is -1.35. The van der Waals surface area contributed by atoms with Crippen molar-refractivity contribution in [3.63, 3.8) is 0 Å². The second-order valence-electron chi connectivity index (χ2n) is 24.6. The number of aliphatic carboxylic acids is 1. The van der Waals surface area contributed by atoms with Crippen LogP contribution in [0.25, 0.3) is 0 Å². The Bertz CT molecular complexity index is 2580. The summed E-state index contributed by atoms with van der Waals surface area (Å²) in [7, 11) is 0. The van der Waals surface area contributed by atoms with Crippen molar-refractivity contribution in [1.29, 1.82) is 0 Å². The smallest absolute Gasteiger partial charge is 0.326 e. The number of amides is 11. The highest BCUT2D eigenvalue weighted by atomic mass is 16.4. The molecule has 472 valence electrons. The van der Waals surface area contributed by atoms with Gasteiger partial charge in [0, 0.05) is 39.0 Å². The van der Waals surface area contributed by atoms with Crippen LogP contribution in [0.4, 0.5) is 0 Å². The third-order valence-electron chi connectivity index (χ3n) is 16.4. The third-order valence-corrected chi connectivity index (χ3v) is 16.4. The molecule has 0 bridgehead atoms. The Morgan fingerprint density at radius 1 is 0.518 bits per heavy atom. The van der Waals surface area contributed by atoms with Gasteiger partial charge in [-0.25, -0.2) is 4.79 Å². The van der Waals surface area contributed by atoms with E-state index in [1.165, 1.54) is 21.6 Å². The highest BCUT2D eigenvalue weighted by Crippen LogP contribution is 2.28. The van der Waals surface area contributed by atoms with Gasteiger partial charge in [0.15, 0.2) is 0 Å². The van der Waals surface area contributed by atoms with Gasteiger partial charge < -0.3 is 73.2 Å². The van der Waals surface area contributed by atoms with Crippen LogP contribution in [0, 0.1) is 23.7 Å². The van der Waals surface area contributed by atoms with E-state index in [2.05, 4.69) is 31.9 Å². The zero-order valence-electron chi connectivity index (χ0n) is 50.7. The molecule has 4 aliphatic heterocycles. The van der Waals surface area contributed by atoms with E-state index in [4.69, 9.17) is 11.5 Å². The van der Waals surface area contributed by atoms with E-state index in [0.29, 0.717) is 37.7 Å². The number of nitrogens with zero attached hydrogens (tertiary/aromatic N) is 4. The lowest BCUT2D eigenvalue weighted by Gasteiger charge is -2.35. The molecule has 11 amide bonds. The first-order chi connectivity index (χ1) is 40.0. The van der Waals surface area contributed by atoms with E-state index in [1.54, 1.807) is 71.9 Å². The predicted octanol–water partition coefficient (Wildman–Crippen LogP) is -0.826. The normalized spacial score (nSPS) is 21.6. The number of primary amides is 1. The summed E-state index contributed by atoms with van der Waals surface area (Å²) in [5.74, 6) is -10.1. The number of aliphatic hydroxyl groups is 1. The molecule has 0 spiro atoms. The average molecular weight is 1190 g/mol. The molecule has 0 saturated carbocycles. The lowest BCUT2D eigenvalue weighted by atomic mass is 9.97. The predicted molar refractivity (Wildman–Crippen MR) is 310 cm³/mol. The van der Waals surface area contributed by atoms with Crippen LogP contribution in [-0.2, 0) is 64.0 Å². The minimum absolute atomic E-state index is 0.0333. The maximum atomic E-state index is 14.7. The van der Waals surface area contributed by atoms with Crippen LogP contribution in [0.15, 0.2) is 30.3 Å². The molecular formula is C59H92N12O14. The van der Waals surface area contributed by atoms with Gasteiger partial charge in [-0.1, -0.05) is 85.7 Å². The highest BCUT2D eigenvalue weighted by Gasteiger charge is 2.46. The first kappa shape index (κ1) is 68.6. The monoisotopic (exact) mass is 1190 g/mol. The number of carbonyl (C=O) groups is 12. The van der Waals surface area contributed by atoms with Gasteiger partial charge in [-0.2, -0.15) is 0 Å². The summed E-state index contributed by atoms with van der Waals surface area (Å²) in [6.45, 7) is 16.0. The van der Waals surface area contributed by atoms with Gasteiger partial charge in [0.1, 0.15) is 66.5 Å². The molecule has 4 heterocycles. The fraction of sp³-hybridized carbons (Fsp3) is 0.695. The van der Waals surface area contributed by atoms with E-state index < -0.39 is 161 Å². The molecule has 5 rings (SSSR count). The zero-order chi connectivity index (χ0) is 63.1. The summed E-state index contributed by atoms with van der Waals surface area (Å²) >= 11 is 0. The third kappa shape index (κ3) is 18.2. The second-order valence-corrected chi connectivity index (χ2v) is 24.6. The summed E-state index contributed by atoms with van der Waals surface area (Å²) < 4.78 is 0. The number of carboxylic acid groups (broad SMARTS) is 1. The van der Waals surface area contributed by atoms with Crippen molar-refractivity contribution in [2.75, 3.05) is 26.2 Å². The van der Waals surface area contributed by atoms with Crippen molar-refractivity contribution < 1.29 is 67.7 Å². The summed E-state index contributed by atoms with van der Waals surface area (Å²) in [4.78, 5) is 171. The summed E-state index contributed by atoms with van der Waals surface area (Å²) in [6, 6.07) is -3.95. The van der Waals surface area contributed by atoms with Crippen LogP contribution in [0.2, 0.25) is 0 Å². The number of rotatable bonds is 28. The molecular weight excluding hydrogens is 1100 g/mol. The van der Waals surface area contributed by atoms with Gasteiger partial charge in [0.2, 0.25) is 65.0 Å². The Labute approximate surface area is 497 Å². The van der Waals surface area contributed by atoms with Gasteiger partial charge in [-0.3, -0.25) is 52.7 Å². The molecule has 85 heavy (non-hydrogen) atoms. The first-order valence-electron chi connectivity index (χ1n) is 30.1. The van der Waals surface area contributed by atoms with E-state index in [9.17, 15) is 67.7 Å². The Balaban J connectivity index is 1.29. The van der Waals surface area contributed by atoms with E-state index >= 15 is 0 Å². The summed E-state index contributed by atoms with van der Waals surface area (Å²) in [6.07, 6.45) is 1.15. The molecule has 1 aromatic rings. The fourth-order valence-corrected chi connectivity index (χ4v) is 11.6. The lowest BCUT2D eigenvalue weighted by Crippen LogP contribution is -2.62. The summed E-state index contributed by atoms with van der Waals surface area (Å²) in [5.41, 5.74) is 12.0. The molecule has 4 fully saturated rings. The topological polar surface area (TPSA) is 382 Å². The summed E-state index contributed by atoms with van der Waals surface area (Å²) in [5, 5.41) is 36.4. The Hall–Kier alpha value is -7.22. The molecule has 12 N–H and O–H groups in total. The van der Waals surface area contributed by atoms with Crippen LogP contribution in [0.5, 0.6) is 0 Å². The Morgan fingerprint density at radius 3 is 1.48 bits per heavy atom. The van der Waals surface area contributed by atoms with Gasteiger partial charge >= 0.3 is 5.97 Å². The van der Waals surface area contributed by atoms with Crippen molar-refractivity contribution >= 4 is 70.9 Å². The molecule has 0 aliphatic carbocycles. The van der Waals surface area contributed by atoms with Crippen LogP contribution in [0.3, 0.4) is 0 Å². The highest BCUT2D eigenvalue weighted by molar-refractivity contribution is 6.00. The molecule has 26 heteroatoms. The average Bonchev–Trinajstić information content (AvgIpc) is 4.52. The van der Waals surface area contributed by atoms with Crippen LogP contribution >= 0.6 is 0 Å². The lowest BCUT2D eigenvalue weighted by molar-refractivity contribution is -0.149. The Kier molecular flexibility index (Phi) is 25.2. The Morgan fingerprint density at radius 2 is 0.965 bits per heavy atom. The zero-order valence-corrected chi connectivity index (χ0v) is 50.7. The van der Waals surface area contributed by atoms with Crippen LogP contribution in [-0.4, -0.2) is 200 Å². The molecule has 1 aromatic carbocycles. The molecule has 0 aromatic heterocycles. The number of carboxylic acids is 1. The molecule has 4 aliphatic rings. The van der Waals surface area contributed by atoms with Crippen molar-refractivity contribution in [1.82, 2.24) is 51.5 Å². The molecule has 0 radical (unpaired) electrons. The second kappa shape index (κ2) is 31.3. The number of hydrogen-bond donors (Lipinski definition) is 10. The minimum Gasteiger partial charge on any atom is -0.480 e. The van der Waals surface area contributed by atoms with E-state index in [-0.39, 0.29) is 77.0 Å². The number of nitrogens with two attached hydrogens (primary N) is 2. The largest absolute Gasteiger partial charge is 0.480 e. The van der Waals surface area contributed by atoms with E-state index in [1.807, 2.05) is 13.8 Å². The van der Waals surface area contributed by atoms with Gasteiger partial charge in [-0.05, 0) is 100 Å². The molecule has 0 unspecified atom stereocenters. The van der Waals surface area contributed by atoms with Crippen LogP contribution in [0.1, 0.15) is 139 Å². The van der Waals surface area contributed by atoms with Gasteiger partial charge in [-0.15, -0.1) is 0 Å². The van der Waals surface area contributed by atoms with Crippen molar-refractivity contribution in [3.8, 4) is 0 Å². The number of aliphatic hydroxyl groups excluding tert-OH is 1. The first-order valence-corrected chi connectivity index (χ1v) is 30.1. The number of likely N-dealkylation sites (tertiary alicyclic amines) is 4. The van der Waals surface area contributed by atoms with E-state index in [0.717, 1.165) is 4.90 Å². The number of benzene rings is 1. The van der Waals surface area contributed by atoms with Gasteiger partial charge in [0.05, 0.1) is 6.10 Å². The van der Waals surface area contributed by atoms with Crippen LogP contribution < -0.4 is 43.4 Å². The number of hydrogen-bond acceptors (Lipinski definition) is 14. The number of carbonyl (C=O) groups excluding carboxylic acids is 11. The van der Waals surface area contributed by atoms with Crippen molar-refractivity contribution in [2.24, 2.45) is 35.1 Å². The van der Waals surface area contributed by atoms with Crippen molar-refractivity contribution in [2.45, 2.75) is 212 Å². The maximum Gasteiger partial charge on any atom is 0.326 e. The van der Waals surface area contributed by atoms with Crippen molar-refractivity contribution in [3.05, 3.63) is 35.9 Å². The molecule has 4 saturated heterocycles. The molecule has 12 atom stereocenters. The SMILES string of the molecule is CC(C)C[C@H](NC(=O)[C@H](Cc1ccccc1)NC(=O)[C@@H]1CCCN1C(=O)[C@@H]1CCCN1C(=O)[C@@H](NC(=O)[C@@H](NC(=O)[C@@H](NC(=O)[C@@H]1CCCN1C(=O)[C@@H](N)[C@@H](C)O)C(C)C)C(C)C)C(C)C)C(=O)N[C@@H](CCC(N)=O)C(=O)N1CCC[C@H]1C(=O)O. The number of nitrogens with one attached hydrogen (secondary N) is 6.